The van der Waals surface area contributed by atoms with Crippen molar-refractivity contribution in [3.8, 4) is 0 Å². The monoisotopic (exact) mass is 216 g/mol. The smallest absolute Gasteiger partial charge is 0.307 e. The SMILES string of the molecule is O=C(O)Cc1cccc(SCCl)c1. The summed E-state index contributed by atoms with van der Waals surface area (Å²) in [5.74, 6) is -0.812. The van der Waals surface area contributed by atoms with Gasteiger partial charge in [0, 0.05) is 4.90 Å². The van der Waals surface area contributed by atoms with Crippen LogP contribution in [-0.4, -0.2) is 16.3 Å². The molecule has 0 unspecified atom stereocenters. The van der Waals surface area contributed by atoms with Crippen LogP contribution in [0.15, 0.2) is 29.2 Å². The van der Waals surface area contributed by atoms with E-state index in [4.69, 9.17) is 16.7 Å². The lowest BCUT2D eigenvalue weighted by Crippen LogP contribution is -1.99. The summed E-state index contributed by atoms with van der Waals surface area (Å²) in [5.41, 5.74) is 0.808. The molecule has 0 bridgehead atoms. The minimum atomic E-state index is -0.812. The Bertz CT molecular complexity index is 301. The third-order valence-corrected chi connectivity index (χ3v) is 2.50. The fourth-order valence-electron chi connectivity index (χ4n) is 0.983. The Labute approximate surface area is 85.9 Å². The largest absolute Gasteiger partial charge is 0.481 e. The minimum absolute atomic E-state index is 0.0662. The maximum atomic E-state index is 10.4. The van der Waals surface area contributed by atoms with Crippen molar-refractivity contribution in [2.24, 2.45) is 0 Å². The molecule has 1 aromatic rings. The molecule has 13 heavy (non-hydrogen) atoms. The highest BCUT2D eigenvalue weighted by atomic mass is 35.5. The van der Waals surface area contributed by atoms with Crippen LogP contribution in [0.3, 0.4) is 0 Å². The van der Waals surface area contributed by atoms with Crippen molar-refractivity contribution in [1.82, 2.24) is 0 Å². The first-order valence-electron chi connectivity index (χ1n) is 3.72. The maximum Gasteiger partial charge on any atom is 0.307 e. The van der Waals surface area contributed by atoms with Gasteiger partial charge in [0.25, 0.3) is 0 Å². The van der Waals surface area contributed by atoms with Crippen molar-refractivity contribution < 1.29 is 9.90 Å². The number of rotatable bonds is 4. The molecule has 70 valence electrons. The van der Waals surface area contributed by atoms with Crippen LogP contribution in [0.2, 0.25) is 0 Å². The normalized spacial score (nSPS) is 9.92. The molecule has 0 aliphatic heterocycles. The lowest BCUT2D eigenvalue weighted by Gasteiger charge is -2.00. The molecule has 1 rings (SSSR count). The fraction of sp³-hybridized carbons (Fsp3) is 0.222. The molecule has 0 atom stereocenters. The van der Waals surface area contributed by atoms with E-state index in [1.54, 1.807) is 6.07 Å². The van der Waals surface area contributed by atoms with E-state index >= 15 is 0 Å². The van der Waals surface area contributed by atoms with E-state index in [-0.39, 0.29) is 6.42 Å². The second-order valence-electron chi connectivity index (χ2n) is 2.47. The number of hydrogen-bond donors (Lipinski definition) is 1. The molecule has 0 saturated carbocycles. The highest BCUT2D eigenvalue weighted by molar-refractivity contribution is 8.00. The van der Waals surface area contributed by atoms with Crippen LogP contribution in [-0.2, 0) is 11.2 Å². The number of benzene rings is 1. The number of carboxylic acid groups (broad SMARTS) is 1. The van der Waals surface area contributed by atoms with E-state index in [0.717, 1.165) is 10.5 Å². The third-order valence-electron chi connectivity index (χ3n) is 1.48. The third kappa shape index (κ3) is 3.70. The lowest BCUT2D eigenvalue weighted by atomic mass is 10.2. The van der Waals surface area contributed by atoms with E-state index < -0.39 is 5.97 Å². The van der Waals surface area contributed by atoms with Gasteiger partial charge in [0.2, 0.25) is 0 Å². The van der Waals surface area contributed by atoms with Crippen LogP contribution in [0.25, 0.3) is 0 Å². The highest BCUT2D eigenvalue weighted by Crippen LogP contribution is 2.20. The molecule has 0 heterocycles. The molecular formula is C9H9ClO2S. The molecular weight excluding hydrogens is 208 g/mol. The molecule has 1 aromatic carbocycles. The molecule has 0 saturated heterocycles. The van der Waals surface area contributed by atoms with Crippen molar-refractivity contribution in [1.29, 1.82) is 0 Å². The number of hydrogen-bond acceptors (Lipinski definition) is 2. The van der Waals surface area contributed by atoms with Gasteiger partial charge < -0.3 is 5.11 Å². The summed E-state index contributed by atoms with van der Waals surface area (Å²) in [4.78, 5) is 11.4. The molecule has 0 aromatic heterocycles. The van der Waals surface area contributed by atoms with Gasteiger partial charge in [-0.2, -0.15) is 0 Å². The summed E-state index contributed by atoms with van der Waals surface area (Å²) < 4.78 is 0. The van der Waals surface area contributed by atoms with Gasteiger partial charge in [0.05, 0.1) is 11.6 Å². The Kier molecular flexibility index (Phi) is 4.12. The second kappa shape index (κ2) is 5.14. The molecule has 0 amide bonds. The van der Waals surface area contributed by atoms with Gasteiger partial charge in [-0.3, -0.25) is 4.79 Å². The van der Waals surface area contributed by atoms with Crippen molar-refractivity contribution in [3.05, 3.63) is 29.8 Å². The topological polar surface area (TPSA) is 37.3 Å². The van der Waals surface area contributed by atoms with Gasteiger partial charge in [-0.05, 0) is 17.7 Å². The number of alkyl halides is 1. The van der Waals surface area contributed by atoms with E-state index in [0.29, 0.717) is 5.21 Å². The zero-order valence-corrected chi connectivity index (χ0v) is 8.44. The van der Waals surface area contributed by atoms with E-state index in [2.05, 4.69) is 0 Å². The standard InChI is InChI=1S/C9H9ClO2S/c10-6-13-8-3-1-2-7(4-8)5-9(11)12/h1-4H,5-6H2,(H,11,12). The zero-order valence-electron chi connectivity index (χ0n) is 6.87. The summed E-state index contributed by atoms with van der Waals surface area (Å²) in [6, 6.07) is 7.40. The first-order valence-corrected chi connectivity index (χ1v) is 5.24. The number of carbonyl (C=O) groups is 1. The Morgan fingerprint density at radius 3 is 2.92 bits per heavy atom. The number of aliphatic carboxylic acids is 1. The quantitative estimate of drug-likeness (QED) is 0.621. The Balaban J connectivity index is 2.73. The van der Waals surface area contributed by atoms with E-state index in [9.17, 15) is 4.79 Å². The summed E-state index contributed by atoms with van der Waals surface area (Å²) in [6.07, 6.45) is 0.0662. The van der Waals surface area contributed by atoms with Gasteiger partial charge in [-0.25, -0.2) is 0 Å². The lowest BCUT2D eigenvalue weighted by molar-refractivity contribution is -0.136. The first-order chi connectivity index (χ1) is 6.22. The summed E-state index contributed by atoms with van der Waals surface area (Å²) in [7, 11) is 0. The van der Waals surface area contributed by atoms with Gasteiger partial charge in [-0.1, -0.05) is 12.1 Å². The first kappa shape index (κ1) is 10.4. The number of halogens is 1. The summed E-state index contributed by atoms with van der Waals surface area (Å²) in [6.45, 7) is 0. The molecule has 2 nitrogen and oxygen atoms in total. The predicted octanol–water partition coefficient (Wildman–Crippen LogP) is 2.60. The maximum absolute atomic E-state index is 10.4. The number of thioether (sulfide) groups is 1. The van der Waals surface area contributed by atoms with Crippen LogP contribution in [0.5, 0.6) is 0 Å². The summed E-state index contributed by atoms with van der Waals surface area (Å²) >= 11 is 7.03. The molecule has 0 aliphatic carbocycles. The van der Waals surface area contributed by atoms with Crippen LogP contribution < -0.4 is 0 Å². The molecule has 0 aliphatic rings. The van der Waals surface area contributed by atoms with Crippen molar-refractivity contribution in [2.45, 2.75) is 11.3 Å². The molecule has 0 spiro atoms. The molecule has 1 N–H and O–H groups in total. The Morgan fingerprint density at radius 1 is 1.54 bits per heavy atom. The fourth-order valence-corrected chi connectivity index (χ4v) is 1.90. The van der Waals surface area contributed by atoms with Crippen molar-refractivity contribution >= 4 is 29.3 Å². The molecule has 4 heteroatoms. The van der Waals surface area contributed by atoms with Crippen molar-refractivity contribution in [3.63, 3.8) is 0 Å². The van der Waals surface area contributed by atoms with Crippen LogP contribution in [0.4, 0.5) is 0 Å². The predicted molar refractivity (Wildman–Crippen MR) is 54.4 cm³/mol. The zero-order chi connectivity index (χ0) is 9.68. The molecule has 0 fully saturated rings. The average molecular weight is 217 g/mol. The van der Waals surface area contributed by atoms with E-state index in [1.165, 1.54) is 11.8 Å². The highest BCUT2D eigenvalue weighted by Gasteiger charge is 2.00. The minimum Gasteiger partial charge on any atom is -0.481 e. The van der Waals surface area contributed by atoms with E-state index in [1.807, 2.05) is 18.2 Å². The summed E-state index contributed by atoms with van der Waals surface area (Å²) in [5, 5.41) is 9.04. The van der Waals surface area contributed by atoms with Crippen LogP contribution >= 0.6 is 23.4 Å². The Hall–Kier alpha value is -0.670. The van der Waals surface area contributed by atoms with Crippen LogP contribution in [0, 0.1) is 0 Å². The molecule has 0 radical (unpaired) electrons. The van der Waals surface area contributed by atoms with Gasteiger partial charge in [-0.15, -0.1) is 23.4 Å². The van der Waals surface area contributed by atoms with Crippen LogP contribution in [0.1, 0.15) is 5.56 Å². The van der Waals surface area contributed by atoms with Gasteiger partial charge >= 0.3 is 5.97 Å². The van der Waals surface area contributed by atoms with Crippen molar-refractivity contribution in [2.75, 3.05) is 5.21 Å². The van der Waals surface area contributed by atoms with Gasteiger partial charge in [0.15, 0.2) is 0 Å². The Morgan fingerprint density at radius 2 is 2.31 bits per heavy atom. The van der Waals surface area contributed by atoms with Gasteiger partial charge in [0.1, 0.15) is 0 Å². The number of carboxylic acids is 1. The second-order valence-corrected chi connectivity index (χ2v) is 4.10. The average Bonchev–Trinajstić information content (AvgIpc) is 2.04.